The highest BCUT2D eigenvalue weighted by Gasteiger charge is 2.34. The second-order valence-corrected chi connectivity index (χ2v) is 4.85. The SMILES string of the molecule is Fc1ccc(Nc2nc(Cl)ncc2Br)cc1C(F)(F)F. The van der Waals surface area contributed by atoms with Crippen molar-refractivity contribution in [2.75, 3.05) is 5.32 Å². The van der Waals surface area contributed by atoms with E-state index >= 15 is 0 Å². The third-order valence-electron chi connectivity index (χ3n) is 2.25. The van der Waals surface area contributed by atoms with Gasteiger partial charge >= 0.3 is 6.18 Å². The zero-order valence-corrected chi connectivity index (χ0v) is 11.8. The molecular formula is C11H5BrClF4N3. The first kappa shape index (κ1) is 15.0. The Morgan fingerprint density at radius 3 is 2.60 bits per heavy atom. The highest BCUT2D eigenvalue weighted by Crippen LogP contribution is 2.34. The second kappa shape index (κ2) is 5.53. The summed E-state index contributed by atoms with van der Waals surface area (Å²) >= 11 is 8.71. The van der Waals surface area contributed by atoms with Crippen LogP contribution in [-0.4, -0.2) is 9.97 Å². The quantitative estimate of drug-likeness (QED) is 0.610. The van der Waals surface area contributed by atoms with Crippen LogP contribution in [-0.2, 0) is 6.18 Å². The van der Waals surface area contributed by atoms with E-state index in [9.17, 15) is 17.6 Å². The number of hydrogen-bond donors (Lipinski definition) is 1. The van der Waals surface area contributed by atoms with Crippen molar-refractivity contribution in [3.8, 4) is 0 Å². The molecule has 0 radical (unpaired) electrons. The Balaban J connectivity index is 2.37. The van der Waals surface area contributed by atoms with Crippen LogP contribution < -0.4 is 5.32 Å². The van der Waals surface area contributed by atoms with Gasteiger partial charge in [-0.3, -0.25) is 0 Å². The van der Waals surface area contributed by atoms with Crippen LogP contribution in [0.25, 0.3) is 0 Å². The summed E-state index contributed by atoms with van der Waals surface area (Å²) < 4.78 is 51.3. The minimum Gasteiger partial charge on any atom is -0.339 e. The molecule has 0 aliphatic carbocycles. The molecule has 9 heteroatoms. The lowest BCUT2D eigenvalue weighted by molar-refractivity contribution is -0.139. The Labute approximate surface area is 124 Å². The predicted octanol–water partition coefficient (Wildman–Crippen LogP) is 4.79. The van der Waals surface area contributed by atoms with Gasteiger partial charge in [0.15, 0.2) is 0 Å². The number of hydrogen-bond acceptors (Lipinski definition) is 3. The number of anilines is 2. The summed E-state index contributed by atoms with van der Waals surface area (Å²) in [6.07, 6.45) is -3.44. The average molecular weight is 371 g/mol. The van der Waals surface area contributed by atoms with Crippen molar-refractivity contribution in [2.24, 2.45) is 0 Å². The number of nitrogens with one attached hydrogen (secondary N) is 1. The first-order valence-corrected chi connectivity index (χ1v) is 6.26. The molecule has 0 fully saturated rings. The number of aromatic nitrogens is 2. The van der Waals surface area contributed by atoms with Crippen molar-refractivity contribution in [3.63, 3.8) is 0 Å². The normalized spacial score (nSPS) is 11.5. The van der Waals surface area contributed by atoms with Gasteiger partial charge in [-0.05, 0) is 45.7 Å². The molecule has 20 heavy (non-hydrogen) atoms. The van der Waals surface area contributed by atoms with Gasteiger partial charge in [-0.1, -0.05) is 0 Å². The number of halogens is 6. The number of rotatable bonds is 2. The molecule has 1 N–H and O–H groups in total. The number of alkyl halides is 3. The maximum absolute atomic E-state index is 13.1. The van der Waals surface area contributed by atoms with Crippen LogP contribution in [0.4, 0.5) is 29.1 Å². The van der Waals surface area contributed by atoms with Crippen LogP contribution in [0.5, 0.6) is 0 Å². The van der Waals surface area contributed by atoms with E-state index in [0.29, 0.717) is 10.5 Å². The molecule has 0 aliphatic heterocycles. The highest BCUT2D eigenvalue weighted by atomic mass is 79.9. The molecule has 2 rings (SSSR count). The Hall–Kier alpha value is -1.41. The van der Waals surface area contributed by atoms with Crippen molar-refractivity contribution < 1.29 is 17.6 Å². The Morgan fingerprint density at radius 2 is 1.95 bits per heavy atom. The van der Waals surface area contributed by atoms with Gasteiger partial charge in [0.25, 0.3) is 0 Å². The summed E-state index contributed by atoms with van der Waals surface area (Å²) in [5.74, 6) is -1.17. The molecule has 1 aromatic carbocycles. The number of nitrogens with zero attached hydrogens (tertiary/aromatic N) is 2. The number of benzene rings is 1. The van der Waals surface area contributed by atoms with Crippen molar-refractivity contribution >= 4 is 39.0 Å². The van der Waals surface area contributed by atoms with Crippen molar-refractivity contribution in [1.82, 2.24) is 9.97 Å². The van der Waals surface area contributed by atoms with Gasteiger partial charge < -0.3 is 5.32 Å². The van der Waals surface area contributed by atoms with Crippen LogP contribution in [0.2, 0.25) is 5.28 Å². The Morgan fingerprint density at radius 1 is 1.25 bits per heavy atom. The molecule has 3 nitrogen and oxygen atoms in total. The smallest absolute Gasteiger partial charge is 0.339 e. The Kier molecular flexibility index (Phi) is 4.14. The van der Waals surface area contributed by atoms with E-state index in [1.165, 1.54) is 6.20 Å². The predicted molar refractivity (Wildman–Crippen MR) is 69.4 cm³/mol. The molecule has 2 aromatic rings. The maximum atomic E-state index is 13.1. The average Bonchev–Trinajstić information content (AvgIpc) is 2.35. The zero-order chi connectivity index (χ0) is 14.9. The molecule has 0 amide bonds. The Bertz CT molecular complexity index is 648. The summed E-state index contributed by atoms with van der Waals surface area (Å²) in [5.41, 5.74) is -1.34. The van der Waals surface area contributed by atoms with Crippen LogP contribution in [0, 0.1) is 5.82 Å². The molecular weight excluding hydrogens is 365 g/mol. The fourth-order valence-electron chi connectivity index (χ4n) is 1.39. The molecule has 0 unspecified atom stereocenters. The van der Waals surface area contributed by atoms with Gasteiger partial charge in [-0.2, -0.15) is 18.2 Å². The fourth-order valence-corrected chi connectivity index (χ4v) is 1.81. The monoisotopic (exact) mass is 369 g/mol. The third-order valence-corrected chi connectivity index (χ3v) is 3.01. The van der Waals surface area contributed by atoms with Gasteiger partial charge in [0, 0.05) is 11.9 Å². The van der Waals surface area contributed by atoms with Gasteiger partial charge in [-0.15, -0.1) is 0 Å². The molecule has 0 atom stereocenters. The molecule has 0 aliphatic rings. The molecule has 1 heterocycles. The van der Waals surface area contributed by atoms with Gasteiger partial charge in [-0.25, -0.2) is 9.37 Å². The summed E-state index contributed by atoms with van der Waals surface area (Å²) in [6.45, 7) is 0. The lowest BCUT2D eigenvalue weighted by Crippen LogP contribution is -2.09. The van der Waals surface area contributed by atoms with Gasteiger partial charge in [0.2, 0.25) is 5.28 Å². The summed E-state index contributed by atoms with van der Waals surface area (Å²) in [6, 6.07) is 2.53. The van der Waals surface area contributed by atoms with E-state index in [4.69, 9.17) is 11.6 Å². The molecule has 1 aromatic heterocycles. The minimum atomic E-state index is -4.78. The van der Waals surface area contributed by atoms with E-state index in [2.05, 4.69) is 31.2 Å². The first-order valence-electron chi connectivity index (χ1n) is 5.09. The van der Waals surface area contributed by atoms with Gasteiger partial charge in [0.05, 0.1) is 10.0 Å². The second-order valence-electron chi connectivity index (χ2n) is 3.65. The van der Waals surface area contributed by atoms with Crippen molar-refractivity contribution in [1.29, 1.82) is 0 Å². The highest BCUT2D eigenvalue weighted by molar-refractivity contribution is 9.10. The molecule has 0 saturated carbocycles. The summed E-state index contributed by atoms with van der Waals surface area (Å²) in [7, 11) is 0. The molecule has 0 spiro atoms. The lowest BCUT2D eigenvalue weighted by Gasteiger charge is -2.12. The van der Waals surface area contributed by atoms with E-state index in [-0.39, 0.29) is 16.8 Å². The van der Waals surface area contributed by atoms with Gasteiger partial charge in [0.1, 0.15) is 11.6 Å². The van der Waals surface area contributed by atoms with E-state index in [0.717, 1.165) is 12.1 Å². The van der Waals surface area contributed by atoms with Crippen molar-refractivity contribution in [3.05, 3.63) is 45.5 Å². The summed E-state index contributed by atoms with van der Waals surface area (Å²) in [4.78, 5) is 7.48. The van der Waals surface area contributed by atoms with Crippen LogP contribution in [0.3, 0.4) is 0 Å². The van der Waals surface area contributed by atoms with Crippen LogP contribution >= 0.6 is 27.5 Å². The maximum Gasteiger partial charge on any atom is 0.419 e. The fraction of sp³-hybridized carbons (Fsp3) is 0.0909. The first-order chi connectivity index (χ1) is 9.27. The lowest BCUT2D eigenvalue weighted by atomic mass is 10.2. The molecule has 0 saturated heterocycles. The third kappa shape index (κ3) is 3.37. The topological polar surface area (TPSA) is 37.8 Å². The largest absolute Gasteiger partial charge is 0.419 e. The van der Waals surface area contributed by atoms with Crippen LogP contribution in [0.1, 0.15) is 5.56 Å². The molecule has 106 valence electrons. The van der Waals surface area contributed by atoms with Crippen molar-refractivity contribution in [2.45, 2.75) is 6.18 Å². The van der Waals surface area contributed by atoms with Crippen LogP contribution in [0.15, 0.2) is 28.9 Å². The van der Waals surface area contributed by atoms with E-state index < -0.39 is 17.6 Å². The van der Waals surface area contributed by atoms with E-state index in [1.54, 1.807) is 0 Å². The standard InChI is InChI=1S/C11H5BrClF4N3/c12-7-4-18-10(13)20-9(7)19-5-1-2-8(14)6(3-5)11(15,16)17/h1-4H,(H,18,19,20). The zero-order valence-electron chi connectivity index (χ0n) is 9.47. The minimum absolute atomic E-state index is 0.0224. The molecule has 0 bridgehead atoms. The summed E-state index contributed by atoms with van der Waals surface area (Å²) in [5, 5.41) is 2.53. The van der Waals surface area contributed by atoms with E-state index in [1.807, 2.05) is 0 Å².